The molecule has 3 rings (SSSR count). The van der Waals surface area contributed by atoms with Crippen LogP contribution in [0.15, 0.2) is 58.6 Å². The number of rotatable bonds is 2. The van der Waals surface area contributed by atoms with E-state index in [1.165, 1.54) is 7.11 Å². The van der Waals surface area contributed by atoms with Crippen LogP contribution in [-0.4, -0.2) is 19.6 Å². The monoisotopic (exact) mass is 357 g/mol. The van der Waals surface area contributed by atoms with Gasteiger partial charge in [-0.05, 0) is 48.4 Å². The lowest BCUT2D eigenvalue weighted by molar-refractivity contribution is -0.136. The number of hydrogen-bond donors (Lipinski definition) is 0. The van der Waals surface area contributed by atoms with E-state index in [0.717, 1.165) is 28.0 Å². The van der Waals surface area contributed by atoms with Crippen molar-refractivity contribution in [3.8, 4) is 0 Å². The van der Waals surface area contributed by atoms with Crippen molar-refractivity contribution in [3.05, 3.63) is 64.1 Å². The minimum absolute atomic E-state index is 0.263. The van der Waals surface area contributed by atoms with E-state index in [4.69, 9.17) is 4.74 Å². The molecule has 112 valence electrons. The quantitative estimate of drug-likeness (QED) is 0.738. The lowest BCUT2D eigenvalue weighted by Gasteiger charge is -2.25. The van der Waals surface area contributed by atoms with Crippen molar-refractivity contribution in [1.82, 2.24) is 0 Å². The van der Waals surface area contributed by atoms with Gasteiger partial charge >= 0.3 is 5.97 Å². The van der Waals surface area contributed by atoms with Gasteiger partial charge < -0.3 is 9.64 Å². The average Bonchev–Trinajstić information content (AvgIpc) is 2.74. The molecule has 0 aromatic heterocycles. The number of fused-ring (bicyclic) bond motifs is 1. The molecule has 0 amide bonds. The number of benzene rings is 2. The average molecular weight is 358 g/mol. The van der Waals surface area contributed by atoms with Crippen LogP contribution < -0.4 is 4.90 Å². The number of methoxy groups -OCH3 is 1. The van der Waals surface area contributed by atoms with Crippen molar-refractivity contribution in [2.75, 3.05) is 18.6 Å². The Kier molecular flexibility index (Phi) is 4.29. The van der Waals surface area contributed by atoms with Crippen LogP contribution in [0.25, 0.3) is 6.08 Å². The summed E-state index contributed by atoms with van der Waals surface area (Å²) < 4.78 is 5.88. The fourth-order valence-corrected chi connectivity index (χ4v) is 3.05. The van der Waals surface area contributed by atoms with Gasteiger partial charge in [0.15, 0.2) is 0 Å². The zero-order chi connectivity index (χ0) is 15.5. The van der Waals surface area contributed by atoms with Crippen LogP contribution in [0.5, 0.6) is 0 Å². The normalized spacial score (nSPS) is 13.9. The second-order valence-corrected chi connectivity index (χ2v) is 6.02. The first-order valence-electron chi connectivity index (χ1n) is 7.10. The second-order valence-electron chi connectivity index (χ2n) is 5.10. The SMILES string of the molecule is COC(=O)C1=Cc2cc(Br)ccc2N(c2ccccc2)CC1. The molecule has 0 fully saturated rings. The van der Waals surface area contributed by atoms with Gasteiger partial charge in [0, 0.05) is 28.0 Å². The predicted octanol–water partition coefficient (Wildman–Crippen LogP) is 4.55. The molecule has 0 spiro atoms. The summed E-state index contributed by atoms with van der Waals surface area (Å²) in [5, 5.41) is 0. The minimum atomic E-state index is -0.263. The van der Waals surface area contributed by atoms with Gasteiger partial charge in [-0.25, -0.2) is 4.79 Å². The van der Waals surface area contributed by atoms with E-state index in [1.54, 1.807) is 0 Å². The van der Waals surface area contributed by atoms with E-state index in [1.807, 2.05) is 36.4 Å². The Morgan fingerprint density at radius 3 is 2.68 bits per heavy atom. The Hall–Kier alpha value is -2.07. The number of carbonyl (C=O) groups excluding carboxylic acids is 1. The van der Waals surface area contributed by atoms with Crippen LogP contribution >= 0.6 is 15.9 Å². The van der Waals surface area contributed by atoms with Crippen LogP contribution in [0.2, 0.25) is 0 Å². The van der Waals surface area contributed by atoms with Gasteiger partial charge in [0.2, 0.25) is 0 Å². The van der Waals surface area contributed by atoms with Crippen LogP contribution in [0, 0.1) is 0 Å². The Labute approximate surface area is 138 Å². The minimum Gasteiger partial charge on any atom is -0.466 e. The highest BCUT2D eigenvalue weighted by molar-refractivity contribution is 9.10. The molecule has 1 aliphatic heterocycles. The third-order valence-electron chi connectivity index (χ3n) is 3.73. The van der Waals surface area contributed by atoms with Gasteiger partial charge in [0.25, 0.3) is 0 Å². The van der Waals surface area contributed by atoms with Gasteiger partial charge in [-0.15, -0.1) is 0 Å². The Morgan fingerprint density at radius 1 is 1.18 bits per heavy atom. The molecule has 2 aromatic carbocycles. The van der Waals surface area contributed by atoms with E-state index in [9.17, 15) is 4.79 Å². The summed E-state index contributed by atoms with van der Waals surface area (Å²) in [6, 6.07) is 16.3. The third-order valence-corrected chi connectivity index (χ3v) is 4.22. The Balaban J connectivity index is 2.09. The fourth-order valence-electron chi connectivity index (χ4n) is 2.67. The fraction of sp³-hybridized carbons (Fsp3) is 0.167. The van der Waals surface area contributed by atoms with Crippen LogP contribution in [0.4, 0.5) is 11.4 Å². The molecule has 0 atom stereocenters. The molecular formula is C18H16BrNO2. The maximum atomic E-state index is 11.9. The molecule has 0 saturated heterocycles. The summed E-state index contributed by atoms with van der Waals surface area (Å²) in [4.78, 5) is 14.2. The zero-order valence-electron chi connectivity index (χ0n) is 12.3. The molecule has 3 nitrogen and oxygen atoms in total. The van der Waals surface area contributed by atoms with Crippen molar-refractivity contribution in [2.24, 2.45) is 0 Å². The predicted molar refractivity (Wildman–Crippen MR) is 92.2 cm³/mol. The molecule has 2 aromatic rings. The Morgan fingerprint density at radius 2 is 1.95 bits per heavy atom. The van der Waals surface area contributed by atoms with Crippen LogP contribution in [0.1, 0.15) is 12.0 Å². The largest absolute Gasteiger partial charge is 0.466 e. The zero-order valence-corrected chi connectivity index (χ0v) is 13.8. The van der Waals surface area contributed by atoms with Gasteiger partial charge in [-0.3, -0.25) is 0 Å². The van der Waals surface area contributed by atoms with Crippen molar-refractivity contribution in [2.45, 2.75) is 6.42 Å². The van der Waals surface area contributed by atoms with Crippen molar-refractivity contribution in [3.63, 3.8) is 0 Å². The number of halogens is 1. The molecule has 0 unspecified atom stereocenters. The molecule has 4 heteroatoms. The molecule has 1 aliphatic rings. The van der Waals surface area contributed by atoms with Gasteiger partial charge in [-0.2, -0.15) is 0 Å². The lowest BCUT2D eigenvalue weighted by Crippen LogP contribution is -2.19. The molecule has 0 saturated carbocycles. The standard InChI is InChI=1S/C18H16BrNO2/c1-22-18(21)13-9-10-20(16-5-3-2-4-6-16)17-8-7-15(19)12-14(17)11-13/h2-8,11-12H,9-10H2,1H3. The topological polar surface area (TPSA) is 29.5 Å². The van der Waals surface area contributed by atoms with E-state index < -0.39 is 0 Å². The highest BCUT2D eigenvalue weighted by atomic mass is 79.9. The highest BCUT2D eigenvalue weighted by Crippen LogP contribution is 2.35. The lowest BCUT2D eigenvalue weighted by atomic mass is 10.1. The van der Waals surface area contributed by atoms with E-state index in [2.05, 4.69) is 39.0 Å². The van der Waals surface area contributed by atoms with Gasteiger partial charge in [0.05, 0.1) is 7.11 Å². The molecule has 0 radical (unpaired) electrons. The van der Waals surface area contributed by atoms with E-state index in [-0.39, 0.29) is 5.97 Å². The van der Waals surface area contributed by atoms with Crippen molar-refractivity contribution < 1.29 is 9.53 Å². The first-order valence-corrected chi connectivity index (χ1v) is 7.89. The number of ether oxygens (including phenoxy) is 1. The number of nitrogens with zero attached hydrogens (tertiary/aromatic N) is 1. The molecule has 22 heavy (non-hydrogen) atoms. The molecule has 0 N–H and O–H groups in total. The number of anilines is 2. The number of carbonyl (C=O) groups is 1. The Bertz CT molecular complexity index is 725. The van der Waals surface area contributed by atoms with Crippen LogP contribution in [-0.2, 0) is 9.53 Å². The van der Waals surface area contributed by atoms with Gasteiger partial charge in [0.1, 0.15) is 0 Å². The molecule has 0 bridgehead atoms. The van der Waals surface area contributed by atoms with E-state index in [0.29, 0.717) is 12.0 Å². The second kappa shape index (κ2) is 6.36. The smallest absolute Gasteiger partial charge is 0.333 e. The van der Waals surface area contributed by atoms with Gasteiger partial charge in [-0.1, -0.05) is 34.1 Å². The molecule has 0 aliphatic carbocycles. The van der Waals surface area contributed by atoms with Crippen molar-refractivity contribution in [1.29, 1.82) is 0 Å². The number of esters is 1. The first kappa shape index (κ1) is 14.9. The summed E-state index contributed by atoms with van der Waals surface area (Å²) in [5.74, 6) is -0.263. The molecule has 1 heterocycles. The summed E-state index contributed by atoms with van der Waals surface area (Å²) in [6.45, 7) is 0.736. The summed E-state index contributed by atoms with van der Waals surface area (Å²) in [6.07, 6.45) is 2.57. The highest BCUT2D eigenvalue weighted by Gasteiger charge is 2.20. The summed E-state index contributed by atoms with van der Waals surface area (Å²) in [5.41, 5.74) is 3.91. The summed E-state index contributed by atoms with van der Waals surface area (Å²) >= 11 is 3.50. The first-order chi connectivity index (χ1) is 10.7. The van der Waals surface area contributed by atoms with E-state index >= 15 is 0 Å². The maximum Gasteiger partial charge on any atom is 0.333 e. The van der Waals surface area contributed by atoms with Crippen molar-refractivity contribution >= 4 is 39.4 Å². The number of hydrogen-bond acceptors (Lipinski definition) is 3. The number of para-hydroxylation sites is 1. The van der Waals surface area contributed by atoms with Crippen LogP contribution in [0.3, 0.4) is 0 Å². The maximum absolute atomic E-state index is 11.9. The third kappa shape index (κ3) is 2.92. The summed E-state index contributed by atoms with van der Waals surface area (Å²) in [7, 11) is 1.42. The molecular weight excluding hydrogens is 342 g/mol.